The fourth-order valence-corrected chi connectivity index (χ4v) is 4.11. The smallest absolute Gasteiger partial charge is 0.0710 e. The molecule has 3 rings (SSSR count). The molecule has 0 unspecified atom stereocenters. The van der Waals surface area contributed by atoms with Crippen molar-refractivity contribution in [3.63, 3.8) is 0 Å². The first kappa shape index (κ1) is 17.0. The van der Waals surface area contributed by atoms with Gasteiger partial charge in [0, 0.05) is 0 Å². The third-order valence-corrected chi connectivity index (χ3v) is 4.99. The van der Waals surface area contributed by atoms with Crippen molar-refractivity contribution in [2.24, 2.45) is 0 Å². The molecule has 0 fully saturated rings. The number of benzene rings is 2. The van der Waals surface area contributed by atoms with E-state index in [9.17, 15) is 0 Å². The third kappa shape index (κ3) is 2.37. The zero-order chi connectivity index (χ0) is 17.9. The highest BCUT2D eigenvalue weighted by atomic mass is 14.5. The molecule has 0 heteroatoms. The molecule has 124 valence electrons. The summed E-state index contributed by atoms with van der Waals surface area (Å²) in [5, 5.41) is 0. The van der Waals surface area contributed by atoms with Gasteiger partial charge in [0.05, 0.1) is 5.41 Å². The average Bonchev–Trinajstić information content (AvgIpc) is 2.96. The molecule has 2 aromatic rings. The van der Waals surface area contributed by atoms with Crippen molar-refractivity contribution in [1.29, 1.82) is 0 Å². The molecule has 0 bridgehead atoms. The highest BCUT2D eigenvalue weighted by Crippen LogP contribution is 2.56. The van der Waals surface area contributed by atoms with Gasteiger partial charge in [-0.05, 0) is 47.2 Å². The minimum atomic E-state index is -0.357. The number of hydrogen-bond donors (Lipinski definition) is 0. The van der Waals surface area contributed by atoms with Gasteiger partial charge in [-0.1, -0.05) is 98.1 Å². The fourth-order valence-electron chi connectivity index (χ4n) is 4.11. The molecular weight excluding hydrogens is 300 g/mol. The maximum Gasteiger partial charge on any atom is 0.0710 e. The quantitative estimate of drug-likeness (QED) is 0.532. The normalized spacial score (nSPS) is 15.8. The van der Waals surface area contributed by atoms with Crippen LogP contribution in [0.3, 0.4) is 0 Å². The van der Waals surface area contributed by atoms with Crippen LogP contribution in [0.4, 0.5) is 0 Å². The Kier molecular flexibility index (Phi) is 4.72. The summed E-state index contributed by atoms with van der Waals surface area (Å²) in [6.07, 6.45) is 12.4. The number of hydrogen-bond acceptors (Lipinski definition) is 0. The second-order valence-electron chi connectivity index (χ2n) is 6.15. The Morgan fingerprint density at radius 1 is 0.840 bits per heavy atom. The van der Waals surface area contributed by atoms with Gasteiger partial charge in [0.2, 0.25) is 0 Å². The lowest BCUT2D eigenvalue weighted by atomic mass is 9.66. The second-order valence-corrected chi connectivity index (χ2v) is 6.15. The van der Waals surface area contributed by atoms with Crippen molar-refractivity contribution in [2.75, 3.05) is 0 Å². The molecule has 0 atom stereocenters. The van der Waals surface area contributed by atoms with E-state index < -0.39 is 0 Å². The summed E-state index contributed by atoms with van der Waals surface area (Å²) in [4.78, 5) is 0. The molecular formula is C25H24. The van der Waals surface area contributed by atoms with Crippen LogP contribution in [0, 0.1) is 0 Å². The van der Waals surface area contributed by atoms with Crippen LogP contribution in [0.2, 0.25) is 0 Å². The molecule has 0 saturated carbocycles. The zero-order valence-corrected chi connectivity index (χ0v) is 15.0. The van der Waals surface area contributed by atoms with Crippen LogP contribution in [0.1, 0.15) is 25.0 Å². The summed E-state index contributed by atoms with van der Waals surface area (Å²) >= 11 is 0. The van der Waals surface area contributed by atoms with E-state index in [1.54, 1.807) is 0 Å². The SMILES string of the molecule is C=C/C=C(\C=C)C1(C(/C=C\C)=C/C)c2ccccc2-c2ccccc21. The predicted octanol–water partition coefficient (Wildman–Crippen LogP) is 6.77. The standard InChI is InChI=1S/C25H24/c1-5-13-19(7-3)25(20(8-4)14-6-2)23-17-11-9-15-21(23)22-16-10-12-18-24(22)25/h5-18H,1,3H2,2,4H3/b14-6-,19-13+,20-8+. The fraction of sp³-hybridized carbons (Fsp3) is 0.120. The Morgan fingerprint density at radius 3 is 1.84 bits per heavy atom. The summed E-state index contributed by atoms with van der Waals surface area (Å²) in [6, 6.07) is 17.4. The van der Waals surface area contributed by atoms with Gasteiger partial charge in [0.1, 0.15) is 0 Å². The van der Waals surface area contributed by atoms with Crippen molar-refractivity contribution < 1.29 is 0 Å². The lowest BCUT2D eigenvalue weighted by molar-refractivity contribution is 0.764. The van der Waals surface area contributed by atoms with Crippen molar-refractivity contribution in [3.8, 4) is 11.1 Å². The maximum absolute atomic E-state index is 4.12. The minimum Gasteiger partial charge on any atom is -0.0991 e. The molecule has 1 aliphatic rings. The van der Waals surface area contributed by atoms with Crippen molar-refractivity contribution in [3.05, 3.63) is 120 Å². The first-order chi connectivity index (χ1) is 12.2. The monoisotopic (exact) mass is 324 g/mol. The summed E-state index contributed by atoms with van der Waals surface area (Å²) in [5.41, 5.74) is 7.22. The molecule has 0 radical (unpaired) electrons. The van der Waals surface area contributed by atoms with Crippen LogP contribution in [-0.4, -0.2) is 0 Å². The molecule has 0 saturated heterocycles. The van der Waals surface area contributed by atoms with Crippen LogP contribution < -0.4 is 0 Å². The van der Waals surface area contributed by atoms with Crippen LogP contribution in [0.15, 0.2) is 109 Å². The molecule has 0 heterocycles. The van der Waals surface area contributed by atoms with Gasteiger partial charge < -0.3 is 0 Å². The van der Waals surface area contributed by atoms with Crippen LogP contribution in [0.5, 0.6) is 0 Å². The Balaban J connectivity index is 2.53. The van der Waals surface area contributed by atoms with E-state index in [-0.39, 0.29) is 5.41 Å². The lowest BCUT2D eigenvalue weighted by Crippen LogP contribution is -2.29. The van der Waals surface area contributed by atoms with E-state index in [2.05, 4.69) is 99.8 Å². The first-order valence-corrected chi connectivity index (χ1v) is 8.70. The molecule has 0 aliphatic heterocycles. The van der Waals surface area contributed by atoms with Gasteiger partial charge in [0.25, 0.3) is 0 Å². The van der Waals surface area contributed by atoms with Gasteiger partial charge in [-0.15, -0.1) is 0 Å². The maximum atomic E-state index is 4.12. The summed E-state index contributed by atoms with van der Waals surface area (Å²) in [7, 11) is 0. The molecule has 1 aliphatic carbocycles. The molecule has 0 amide bonds. The Bertz CT molecular complexity index is 858. The average molecular weight is 324 g/mol. The van der Waals surface area contributed by atoms with Gasteiger partial charge >= 0.3 is 0 Å². The minimum absolute atomic E-state index is 0.357. The predicted molar refractivity (Wildman–Crippen MR) is 110 cm³/mol. The summed E-state index contributed by atoms with van der Waals surface area (Å²) < 4.78 is 0. The van der Waals surface area contributed by atoms with E-state index in [1.807, 2.05) is 12.2 Å². The largest absolute Gasteiger partial charge is 0.0991 e. The van der Waals surface area contributed by atoms with E-state index in [0.717, 1.165) is 5.57 Å². The Labute approximate surface area is 151 Å². The highest BCUT2D eigenvalue weighted by molar-refractivity contribution is 5.87. The van der Waals surface area contributed by atoms with Crippen molar-refractivity contribution in [2.45, 2.75) is 19.3 Å². The van der Waals surface area contributed by atoms with Crippen LogP contribution in [0.25, 0.3) is 11.1 Å². The van der Waals surface area contributed by atoms with Crippen LogP contribution in [-0.2, 0) is 5.41 Å². The first-order valence-electron chi connectivity index (χ1n) is 8.70. The van der Waals surface area contributed by atoms with Gasteiger partial charge in [-0.3, -0.25) is 0 Å². The molecule has 0 spiro atoms. The van der Waals surface area contributed by atoms with Crippen molar-refractivity contribution >= 4 is 0 Å². The molecule has 0 N–H and O–H groups in total. The number of fused-ring (bicyclic) bond motifs is 3. The Morgan fingerprint density at radius 2 is 1.40 bits per heavy atom. The molecule has 25 heavy (non-hydrogen) atoms. The number of allylic oxidation sites excluding steroid dienone is 8. The molecule has 0 nitrogen and oxygen atoms in total. The van der Waals surface area contributed by atoms with Gasteiger partial charge in [0.15, 0.2) is 0 Å². The van der Waals surface area contributed by atoms with Gasteiger partial charge in [-0.25, -0.2) is 0 Å². The lowest BCUT2D eigenvalue weighted by Gasteiger charge is -2.35. The highest BCUT2D eigenvalue weighted by Gasteiger charge is 2.46. The Hall–Kier alpha value is -2.86. The zero-order valence-electron chi connectivity index (χ0n) is 15.0. The van der Waals surface area contributed by atoms with E-state index in [0.29, 0.717) is 0 Å². The summed E-state index contributed by atoms with van der Waals surface area (Å²) in [6.45, 7) is 12.2. The topological polar surface area (TPSA) is 0 Å². The number of rotatable bonds is 5. The molecule has 0 aromatic heterocycles. The van der Waals surface area contributed by atoms with E-state index in [1.165, 1.54) is 27.8 Å². The second kappa shape index (κ2) is 6.94. The van der Waals surface area contributed by atoms with E-state index >= 15 is 0 Å². The third-order valence-electron chi connectivity index (χ3n) is 4.99. The van der Waals surface area contributed by atoms with Crippen molar-refractivity contribution in [1.82, 2.24) is 0 Å². The van der Waals surface area contributed by atoms with Gasteiger partial charge in [-0.2, -0.15) is 0 Å². The molecule has 2 aromatic carbocycles. The summed E-state index contributed by atoms with van der Waals surface area (Å²) in [5.74, 6) is 0. The van der Waals surface area contributed by atoms with E-state index in [4.69, 9.17) is 0 Å². The van der Waals surface area contributed by atoms with Crippen LogP contribution >= 0.6 is 0 Å².